The molecule has 6 nitrogen and oxygen atoms in total. The zero-order chi connectivity index (χ0) is 16.9. The molecule has 0 spiro atoms. The normalized spacial score (nSPS) is 18.0. The molecule has 1 aliphatic heterocycles. The second-order valence-electron chi connectivity index (χ2n) is 5.97. The molecule has 3 rings (SSSR count). The number of carbonyl (C=O) groups excluding carboxylic acids is 1. The van der Waals surface area contributed by atoms with E-state index in [0.29, 0.717) is 6.54 Å². The third-order valence-corrected chi connectivity index (χ3v) is 4.96. The van der Waals surface area contributed by atoms with Crippen molar-refractivity contribution in [1.29, 1.82) is 0 Å². The third-order valence-electron chi connectivity index (χ3n) is 4.15. The van der Waals surface area contributed by atoms with Gasteiger partial charge >= 0.3 is 0 Å². The largest absolute Gasteiger partial charge is 0.375 e. The highest BCUT2D eigenvalue weighted by Gasteiger charge is 2.28. The minimum atomic E-state index is 0.0479. The lowest BCUT2D eigenvalue weighted by Gasteiger charge is -2.39. The van der Waals surface area contributed by atoms with Crippen molar-refractivity contribution in [2.45, 2.75) is 19.4 Å². The molecule has 1 amide bonds. The maximum absolute atomic E-state index is 12.0. The SMILES string of the molecule is COCC(=O)N1CCN(c2nc(Cc3ccccc3)ns2)C[C@H]1C. The molecule has 0 bridgehead atoms. The molecule has 1 atom stereocenters. The molecule has 24 heavy (non-hydrogen) atoms. The molecular formula is C17H22N4O2S. The summed E-state index contributed by atoms with van der Waals surface area (Å²) in [6, 6.07) is 10.4. The Labute approximate surface area is 146 Å². The van der Waals surface area contributed by atoms with Gasteiger partial charge in [-0.1, -0.05) is 30.3 Å². The third kappa shape index (κ3) is 3.91. The van der Waals surface area contributed by atoms with Crippen LogP contribution in [0.25, 0.3) is 0 Å². The van der Waals surface area contributed by atoms with Crippen molar-refractivity contribution < 1.29 is 9.53 Å². The van der Waals surface area contributed by atoms with E-state index in [-0.39, 0.29) is 18.6 Å². The van der Waals surface area contributed by atoms with Gasteiger partial charge in [-0.2, -0.15) is 4.37 Å². The number of piperazine rings is 1. The summed E-state index contributed by atoms with van der Waals surface area (Å²) in [4.78, 5) is 20.8. The Kier molecular flexibility index (Phi) is 5.42. The standard InChI is InChI=1S/C17H22N4O2S/c1-13-11-20(8-9-21(13)16(22)12-23-2)17-18-15(19-24-17)10-14-6-4-3-5-7-14/h3-7,13H,8-12H2,1-2H3/t13-/m1/s1. The van der Waals surface area contributed by atoms with Crippen LogP contribution < -0.4 is 4.90 Å². The van der Waals surface area contributed by atoms with Gasteiger partial charge in [0.25, 0.3) is 0 Å². The summed E-state index contributed by atoms with van der Waals surface area (Å²) >= 11 is 1.43. The van der Waals surface area contributed by atoms with E-state index in [0.717, 1.165) is 30.5 Å². The van der Waals surface area contributed by atoms with Gasteiger partial charge < -0.3 is 14.5 Å². The second kappa shape index (κ2) is 7.72. The van der Waals surface area contributed by atoms with E-state index in [1.165, 1.54) is 17.1 Å². The number of methoxy groups -OCH3 is 1. The first-order valence-electron chi connectivity index (χ1n) is 8.07. The van der Waals surface area contributed by atoms with Crippen LogP contribution in [0.1, 0.15) is 18.3 Å². The van der Waals surface area contributed by atoms with Crippen molar-refractivity contribution in [3.8, 4) is 0 Å². The highest BCUT2D eigenvalue weighted by molar-refractivity contribution is 7.09. The Bertz CT molecular complexity index is 676. The van der Waals surface area contributed by atoms with Crippen molar-refractivity contribution >= 4 is 22.6 Å². The fourth-order valence-electron chi connectivity index (χ4n) is 2.93. The van der Waals surface area contributed by atoms with E-state index < -0.39 is 0 Å². The molecule has 1 aromatic carbocycles. The van der Waals surface area contributed by atoms with Crippen LogP contribution >= 0.6 is 11.5 Å². The summed E-state index contributed by atoms with van der Waals surface area (Å²) < 4.78 is 9.44. The molecule has 7 heteroatoms. The van der Waals surface area contributed by atoms with Crippen LogP contribution in [0.3, 0.4) is 0 Å². The molecule has 0 unspecified atom stereocenters. The molecule has 1 fully saturated rings. The number of carbonyl (C=O) groups is 1. The van der Waals surface area contributed by atoms with Crippen LogP contribution in [0.15, 0.2) is 30.3 Å². The van der Waals surface area contributed by atoms with Crippen LogP contribution in [0, 0.1) is 0 Å². The maximum Gasteiger partial charge on any atom is 0.248 e. The molecule has 128 valence electrons. The van der Waals surface area contributed by atoms with Crippen LogP contribution in [0.2, 0.25) is 0 Å². The van der Waals surface area contributed by atoms with Crippen molar-refractivity contribution in [2.24, 2.45) is 0 Å². The number of amides is 1. The van der Waals surface area contributed by atoms with E-state index in [1.807, 2.05) is 23.1 Å². The number of nitrogens with zero attached hydrogens (tertiary/aromatic N) is 4. The van der Waals surface area contributed by atoms with Gasteiger partial charge in [0.05, 0.1) is 0 Å². The van der Waals surface area contributed by atoms with Gasteiger partial charge in [0.15, 0.2) is 0 Å². The highest BCUT2D eigenvalue weighted by Crippen LogP contribution is 2.22. The second-order valence-corrected chi connectivity index (χ2v) is 6.70. The van der Waals surface area contributed by atoms with Crippen LogP contribution in [0.4, 0.5) is 5.13 Å². The summed E-state index contributed by atoms with van der Waals surface area (Å²) in [7, 11) is 1.55. The van der Waals surface area contributed by atoms with E-state index in [4.69, 9.17) is 4.74 Å². The lowest BCUT2D eigenvalue weighted by molar-refractivity contribution is -0.137. The Balaban J connectivity index is 1.61. The van der Waals surface area contributed by atoms with Crippen LogP contribution in [-0.4, -0.2) is 59.6 Å². The number of aromatic nitrogens is 2. The minimum Gasteiger partial charge on any atom is -0.375 e. The molecule has 1 aliphatic rings. The van der Waals surface area contributed by atoms with Crippen LogP contribution in [0.5, 0.6) is 0 Å². The van der Waals surface area contributed by atoms with E-state index in [9.17, 15) is 4.79 Å². The highest BCUT2D eigenvalue weighted by atomic mass is 32.1. The maximum atomic E-state index is 12.0. The Morgan fingerprint density at radius 1 is 1.33 bits per heavy atom. The molecule has 0 aliphatic carbocycles. The average Bonchev–Trinajstić information content (AvgIpc) is 3.04. The predicted molar refractivity (Wildman–Crippen MR) is 94.4 cm³/mol. The molecule has 0 radical (unpaired) electrons. The number of rotatable bonds is 5. The number of ether oxygens (including phenoxy) is 1. The number of hydrogen-bond donors (Lipinski definition) is 0. The molecule has 0 saturated carbocycles. The molecule has 0 N–H and O–H groups in total. The van der Waals surface area contributed by atoms with Gasteiger partial charge in [0, 0.05) is 50.7 Å². The summed E-state index contributed by atoms with van der Waals surface area (Å²) in [5.74, 6) is 0.901. The topological polar surface area (TPSA) is 58.6 Å². The summed E-state index contributed by atoms with van der Waals surface area (Å²) in [5.41, 5.74) is 1.21. The number of anilines is 1. The van der Waals surface area contributed by atoms with Gasteiger partial charge in [0.2, 0.25) is 11.0 Å². The first-order valence-corrected chi connectivity index (χ1v) is 8.84. The quantitative estimate of drug-likeness (QED) is 0.826. The monoisotopic (exact) mass is 346 g/mol. The van der Waals surface area contributed by atoms with Gasteiger partial charge in [-0.25, -0.2) is 4.98 Å². The first kappa shape index (κ1) is 16.9. The van der Waals surface area contributed by atoms with Crippen molar-refractivity contribution in [3.63, 3.8) is 0 Å². The minimum absolute atomic E-state index is 0.0479. The smallest absolute Gasteiger partial charge is 0.248 e. The van der Waals surface area contributed by atoms with E-state index in [1.54, 1.807) is 7.11 Å². The summed E-state index contributed by atoms with van der Waals surface area (Å²) in [6.45, 7) is 4.45. The van der Waals surface area contributed by atoms with E-state index in [2.05, 4.69) is 33.3 Å². The fourth-order valence-corrected chi connectivity index (χ4v) is 3.65. The molecule has 1 saturated heterocycles. The van der Waals surface area contributed by atoms with Gasteiger partial charge in [-0.3, -0.25) is 4.79 Å². The Morgan fingerprint density at radius 3 is 2.83 bits per heavy atom. The Hall–Kier alpha value is -1.99. The van der Waals surface area contributed by atoms with E-state index >= 15 is 0 Å². The molecule has 2 heterocycles. The number of hydrogen-bond acceptors (Lipinski definition) is 6. The summed E-state index contributed by atoms with van der Waals surface area (Å²) in [6.07, 6.45) is 0.749. The predicted octanol–water partition coefficient (Wildman–Crippen LogP) is 1.81. The zero-order valence-corrected chi connectivity index (χ0v) is 14.8. The Morgan fingerprint density at radius 2 is 2.12 bits per heavy atom. The average molecular weight is 346 g/mol. The summed E-state index contributed by atoms with van der Waals surface area (Å²) in [5, 5.41) is 0.937. The molecule has 1 aromatic heterocycles. The van der Waals surface area contributed by atoms with Gasteiger partial charge in [0.1, 0.15) is 12.4 Å². The molecular weight excluding hydrogens is 324 g/mol. The molecule has 2 aromatic rings. The van der Waals surface area contributed by atoms with Gasteiger partial charge in [-0.05, 0) is 12.5 Å². The van der Waals surface area contributed by atoms with Crippen LogP contribution in [-0.2, 0) is 16.0 Å². The van der Waals surface area contributed by atoms with Gasteiger partial charge in [-0.15, -0.1) is 0 Å². The van der Waals surface area contributed by atoms with Crippen molar-refractivity contribution in [3.05, 3.63) is 41.7 Å². The lowest BCUT2D eigenvalue weighted by atomic mass is 10.1. The first-order chi connectivity index (χ1) is 11.7. The number of benzene rings is 1. The van der Waals surface area contributed by atoms with Crippen molar-refractivity contribution in [1.82, 2.24) is 14.3 Å². The zero-order valence-electron chi connectivity index (χ0n) is 14.0. The van der Waals surface area contributed by atoms with Crippen molar-refractivity contribution in [2.75, 3.05) is 38.3 Å². The fraction of sp³-hybridized carbons (Fsp3) is 0.471. The lowest BCUT2D eigenvalue weighted by Crippen LogP contribution is -2.54.